The fraction of sp³-hybridized carbons (Fsp3) is 0.273. The molecule has 0 saturated carbocycles. The van der Waals surface area contributed by atoms with E-state index in [4.69, 9.17) is 16.9 Å². The second-order valence-corrected chi connectivity index (χ2v) is 2.74. The molecule has 0 saturated heterocycles. The number of ether oxygens (including phenoxy) is 1. The highest BCUT2D eigenvalue weighted by Crippen LogP contribution is 2.08. The Kier molecular flexibility index (Phi) is 4.04. The number of hydrogen-bond acceptors (Lipinski definition) is 2. The van der Waals surface area contributed by atoms with Gasteiger partial charge < -0.3 is 10.5 Å². The minimum Gasteiger partial charge on any atom is -0.367 e. The molecule has 13 heavy (non-hydrogen) atoms. The molecule has 1 rings (SSSR count). The van der Waals surface area contributed by atoms with Gasteiger partial charge >= 0.3 is 0 Å². The van der Waals surface area contributed by atoms with Crippen molar-refractivity contribution in [2.45, 2.75) is 6.04 Å². The number of hydrogen-bond donors (Lipinski definition) is 1. The SMILES string of the molecule is C#CCOC[C@@H](N)c1ccccc1. The van der Waals surface area contributed by atoms with Crippen LogP contribution in [0.2, 0.25) is 0 Å². The Hall–Kier alpha value is -1.30. The van der Waals surface area contributed by atoms with Gasteiger partial charge in [0.15, 0.2) is 0 Å². The van der Waals surface area contributed by atoms with Crippen molar-refractivity contribution in [2.75, 3.05) is 13.2 Å². The van der Waals surface area contributed by atoms with Gasteiger partial charge in [-0.25, -0.2) is 0 Å². The van der Waals surface area contributed by atoms with Crippen LogP contribution in [0, 0.1) is 12.3 Å². The number of benzene rings is 1. The van der Waals surface area contributed by atoms with Crippen molar-refractivity contribution in [3.8, 4) is 12.3 Å². The fourth-order valence-corrected chi connectivity index (χ4v) is 1.04. The number of rotatable bonds is 4. The highest BCUT2D eigenvalue weighted by Gasteiger charge is 2.03. The second kappa shape index (κ2) is 5.36. The molecular formula is C11H13NO. The molecule has 0 unspecified atom stereocenters. The summed E-state index contributed by atoms with van der Waals surface area (Å²) in [5, 5.41) is 0. The van der Waals surface area contributed by atoms with E-state index in [1.165, 1.54) is 0 Å². The topological polar surface area (TPSA) is 35.2 Å². The van der Waals surface area contributed by atoms with Crippen molar-refractivity contribution in [1.29, 1.82) is 0 Å². The third-order valence-corrected chi connectivity index (χ3v) is 1.71. The minimum atomic E-state index is -0.0884. The van der Waals surface area contributed by atoms with E-state index < -0.39 is 0 Å². The largest absolute Gasteiger partial charge is 0.367 e. The van der Waals surface area contributed by atoms with Crippen LogP contribution >= 0.6 is 0 Å². The van der Waals surface area contributed by atoms with E-state index in [0.29, 0.717) is 13.2 Å². The van der Waals surface area contributed by atoms with Gasteiger partial charge in [0.05, 0.1) is 12.6 Å². The van der Waals surface area contributed by atoms with Gasteiger partial charge in [-0.3, -0.25) is 0 Å². The van der Waals surface area contributed by atoms with Crippen molar-refractivity contribution < 1.29 is 4.74 Å². The summed E-state index contributed by atoms with van der Waals surface area (Å²) in [4.78, 5) is 0. The third kappa shape index (κ3) is 3.29. The molecule has 2 nitrogen and oxygen atoms in total. The van der Waals surface area contributed by atoms with Gasteiger partial charge in [-0.2, -0.15) is 0 Å². The van der Waals surface area contributed by atoms with Crippen LogP contribution in [-0.2, 0) is 4.74 Å². The van der Waals surface area contributed by atoms with Crippen LogP contribution in [-0.4, -0.2) is 13.2 Å². The summed E-state index contributed by atoms with van der Waals surface area (Å²) in [5.74, 6) is 2.40. The molecule has 0 aliphatic rings. The van der Waals surface area contributed by atoms with Crippen LogP contribution in [0.15, 0.2) is 30.3 Å². The first kappa shape index (κ1) is 9.79. The van der Waals surface area contributed by atoms with Crippen molar-refractivity contribution in [1.82, 2.24) is 0 Å². The lowest BCUT2D eigenvalue weighted by molar-refractivity contribution is 0.152. The van der Waals surface area contributed by atoms with Gasteiger partial charge in [-0.05, 0) is 5.56 Å². The molecule has 0 aromatic heterocycles. The molecule has 0 spiro atoms. The minimum absolute atomic E-state index is 0.0884. The van der Waals surface area contributed by atoms with E-state index in [-0.39, 0.29) is 6.04 Å². The predicted octanol–water partition coefficient (Wildman–Crippen LogP) is 1.34. The van der Waals surface area contributed by atoms with E-state index in [0.717, 1.165) is 5.56 Å². The summed E-state index contributed by atoms with van der Waals surface area (Å²) < 4.78 is 5.14. The summed E-state index contributed by atoms with van der Waals surface area (Å²) in [6.07, 6.45) is 5.04. The Morgan fingerprint density at radius 2 is 2.08 bits per heavy atom. The molecule has 0 heterocycles. The predicted molar refractivity (Wildman–Crippen MR) is 53.0 cm³/mol. The van der Waals surface area contributed by atoms with Crippen LogP contribution < -0.4 is 5.73 Å². The van der Waals surface area contributed by atoms with Gasteiger partial charge in [0.2, 0.25) is 0 Å². The second-order valence-electron chi connectivity index (χ2n) is 2.74. The van der Waals surface area contributed by atoms with Crippen LogP contribution in [0.1, 0.15) is 11.6 Å². The van der Waals surface area contributed by atoms with Crippen molar-refractivity contribution in [3.63, 3.8) is 0 Å². The van der Waals surface area contributed by atoms with Crippen LogP contribution in [0.5, 0.6) is 0 Å². The maximum atomic E-state index is 5.84. The maximum absolute atomic E-state index is 5.84. The highest BCUT2D eigenvalue weighted by molar-refractivity contribution is 5.18. The highest BCUT2D eigenvalue weighted by atomic mass is 16.5. The quantitative estimate of drug-likeness (QED) is 0.553. The average Bonchev–Trinajstić information content (AvgIpc) is 2.19. The Labute approximate surface area is 78.7 Å². The zero-order chi connectivity index (χ0) is 9.52. The molecule has 1 aromatic rings. The van der Waals surface area contributed by atoms with E-state index in [2.05, 4.69) is 5.92 Å². The van der Waals surface area contributed by atoms with Crippen LogP contribution in [0.4, 0.5) is 0 Å². The molecule has 0 radical (unpaired) electrons. The molecular weight excluding hydrogens is 162 g/mol. The van der Waals surface area contributed by atoms with Gasteiger partial charge in [-0.15, -0.1) is 6.42 Å². The summed E-state index contributed by atoms with van der Waals surface area (Å²) in [7, 11) is 0. The molecule has 2 N–H and O–H groups in total. The third-order valence-electron chi connectivity index (χ3n) is 1.71. The lowest BCUT2D eigenvalue weighted by Crippen LogP contribution is -2.17. The van der Waals surface area contributed by atoms with E-state index in [1.54, 1.807) is 0 Å². The van der Waals surface area contributed by atoms with Gasteiger partial charge in [-0.1, -0.05) is 36.3 Å². The zero-order valence-electron chi connectivity index (χ0n) is 7.44. The fourth-order valence-electron chi connectivity index (χ4n) is 1.04. The standard InChI is InChI=1S/C11H13NO/c1-2-8-13-9-11(12)10-6-4-3-5-7-10/h1,3-7,11H,8-9,12H2/t11-/m1/s1. The first-order valence-corrected chi connectivity index (χ1v) is 4.16. The van der Waals surface area contributed by atoms with E-state index in [9.17, 15) is 0 Å². The van der Waals surface area contributed by atoms with Crippen molar-refractivity contribution in [2.24, 2.45) is 5.73 Å². The monoisotopic (exact) mass is 175 g/mol. The van der Waals surface area contributed by atoms with Crippen LogP contribution in [0.25, 0.3) is 0 Å². The van der Waals surface area contributed by atoms with E-state index >= 15 is 0 Å². The molecule has 0 fully saturated rings. The first-order valence-electron chi connectivity index (χ1n) is 4.16. The first-order chi connectivity index (χ1) is 6.34. The summed E-state index contributed by atoms with van der Waals surface area (Å²) >= 11 is 0. The van der Waals surface area contributed by atoms with Gasteiger partial charge in [0.1, 0.15) is 6.61 Å². The maximum Gasteiger partial charge on any atom is 0.107 e. The number of terminal acetylenes is 1. The smallest absolute Gasteiger partial charge is 0.107 e. The number of nitrogens with two attached hydrogens (primary N) is 1. The molecule has 1 atom stereocenters. The molecule has 68 valence electrons. The van der Waals surface area contributed by atoms with Crippen molar-refractivity contribution in [3.05, 3.63) is 35.9 Å². The molecule has 0 aliphatic heterocycles. The Morgan fingerprint density at radius 1 is 1.38 bits per heavy atom. The lowest BCUT2D eigenvalue weighted by Gasteiger charge is -2.10. The molecule has 0 aliphatic carbocycles. The lowest BCUT2D eigenvalue weighted by atomic mass is 10.1. The Bertz CT molecular complexity index is 276. The van der Waals surface area contributed by atoms with Crippen LogP contribution in [0.3, 0.4) is 0 Å². The normalized spacial score (nSPS) is 12.0. The summed E-state index contributed by atoms with van der Waals surface area (Å²) in [6.45, 7) is 0.786. The van der Waals surface area contributed by atoms with Gasteiger partial charge in [0.25, 0.3) is 0 Å². The summed E-state index contributed by atoms with van der Waals surface area (Å²) in [5.41, 5.74) is 6.91. The molecule has 1 aromatic carbocycles. The molecule has 0 bridgehead atoms. The Balaban J connectivity index is 2.41. The van der Waals surface area contributed by atoms with E-state index in [1.807, 2.05) is 30.3 Å². The molecule has 0 amide bonds. The molecule has 2 heteroatoms. The average molecular weight is 175 g/mol. The zero-order valence-corrected chi connectivity index (χ0v) is 7.44. The summed E-state index contributed by atoms with van der Waals surface area (Å²) in [6, 6.07) is 9.73. The van der Waals surface area contributed by atoms with Crippen molar-refractivity contribution >= 4 is 0 Å². The van der Waals surface area contributed by atoms with Gasteiger partial charge in [0, 0.05) is 0 Å². The Morgan fingerprint density at radius 3 is 2.69 bits per heavy atom.